The molecule has 2 aliphatic rings. The van der Waals surface area contributed by atoms with Crippen LogP contribution in [0.15, 0.2) is 53.9 Å². The lowest BCUT2D eigenvalue weighted by Crippen LogP contribution is -2.31. The molecule has 9 heteroatoms. The normalized spacial score (nSPS) is 16.7. The van der Waals surface area contributed by atoms with Crippen LogP contribution >= 0.6 is 11.3 Å². The molecule has 2 heterocycles. The Labute approximate surface area is 200 Å². The lowest BCUT2D eigenvalue weighted by molar-refractivity contribution is -0.141. The van der Waals surface area contributed by atoms with Crippen molar-refractivity contribution in [2.45, 2.75) is 18.8 Å². The second-order valence-electron chi connectivity index (χ2n) is 8.43. The van der Waals surface area contributed by atoms with Gasteiger partial charge in [-0.05, 0) is 28.7 Å². The zero-order valence-electron chi connectivity index (χ0n) is 18.3. The van der Waals surface area contributed by atoms with Crippen LogP contribution in [0.3, 0.4) is 0 Å². The summed E-state index contributed by atoms with van der Waals surface area (Å²) in [6, 6.07) is 16.3. The summed E-state index contributed by atoms with van der Waals surface area (Å²) in [5, 5.41) is 13.8. The van der Waals surface area contributed by atoms with Crippen LogP contribution < -0.4 is 5.32 Å². The number of hydrogen-bond donors (Lipinski definition) is 2. The van der Waals surface area contributed by atoms with Crippen molar-refractivity contribution in [2.24, 2.45) is 5.92 Å². The van der Waals surface area contributed by atoms with Gasteiger partial charge in [0.15, 0.2) is 5.13 Å². The lowest BCUT2D eigenvalue weighted by atomic mass is 9.98. The summed E-state index contributed by atoms with van der Waals surface area (Å²) in [4.78, 5) is 41.8. The fourth-order valence-electron chi connectivity index (χ4n) is 4.62. The molecule has 0 radical (unpaired) electrons. The van der Waals surface area contributed by atoms with E-state index in [4.69, 9.17) is 9.84 Å². The summed E-state index contributed by atoms with van der Waals surface area (Å²) in [5.41, 5.74) is 5.13. The van der Waals surface area contributed by atoms with E-state index in [0.717, 1.165) is 22.3 Å². The molecule has 1 aliphatic heterocycles. The molecule has 1 aromatic heterocycles. The smallest absolute Gasteiger partial charge is 0.413 e. The molecule has 0 saturated carbocycles. The number of rotatable bonds is 6. The molecule has 0 bridgehead atoms. The maximum atomic E-state index is 12.5. The number of amides is 2. The van der Waals surface area contributed by atoms with Crippen molar-refractivity contribution in [1.29, 1.82) is 0 Å². The Morgan fingerprint density at radius 2 is 1.76 bits per heavy atom. The van der Waals surface area contributed by atoms with Gasteiger partial charge in [-0.15, -0.1) is 11.3 Å². The topological polar surface area (TPSA) is 109 Å². The number of aliphatic carboxylic acids is 1. The summed E-state index contributed by atoms with van der Waals surface area (Å²) in [6.45, 7) is 0.865. The molecule has 1 atom stereocenters. The Morgan fingerprint density at radius 1 is 1.09 bits per heavy atom. The largest absolute Gasteiger partial charge is 0.481 e. The highest BCUT2D eigenvalue weighted by molar-refractivity contribution is 7.13. The number of aromatic nitrogens is 1. The highest BCUT2D eigenvalue weighted by Gasteiger charge is 2.31. The standard InChI is InChI=1S/C25H23N3O5S/c29-22(28-10-9-15(12-28)23(30)31)11-16-14-34-24(26-16)27-25(32)33-13-21-19-7-3-1-5-17(19)18-6-2-4-8-20(18)21/h1-8,14-15,21H,9-13H2,(H,30,31)(H,26,27,32). The third-order valence-corrected chi connectivity index (χ3v) is 7.13. The third kappa shape index (κ3) is 4.38. The van der Waals surface area contributed by atoms with E-state index in [1.54, 1.807) is 10.3 Å². The predicted molar refractivity (Wildman–Crippen MR) is 127 cm³/mol. The number of benzene rings is 2. The van der Waals surface area contributed by atoms with Gasteiger partial charge in [0.05, 0.1) is 18.0 Å². The van der Waals surface area contributed by atoms with E-state index in [2.05, 4.69) is 34.6 Å². The Kier molecular flexibility index (Phi) is 6.02. The number of anilines is 1. The monoisotopic (exact) mass is 477 g/mol. The Morgan fingerprint density at radius 3 is 2.41 bits per heavy atom. The molecule has 2 aromatic carbocycles. The minimum Gasteiger partial charge on any atom is -0.481 e. The first-order valence-electron chi connectivity index (χ1n) is 11.1. The molecule has 2 amide bonds. The van der Waals surface area contributed by atoms with Crippen molar-refractivity contribution in [2.75, 3.05) is 25.0 Å². The van der Waals surface area contributed by atoms with Crippen molar-refractivity contribution in [1.82, 2.24) is 9.88 Å². The first-order chi connectivity index (χ1) is 16.5. The first kappa shape index (κ1) is 22.1. The molecular weight excluding hydrogens is 454 g/mol. The number of hydrogen-bond acceptors (Lipinski definition) is 6. The molecule has 1 saturated heterocycles. The average molecular weight is 478 g/mol. The van der Waals surface area contributed by atoms with E-state index in [0.29, 0.717) is 23.8 Å². The number of carboxylic acid groups (broad SMARTS) is 1. The maximum absolute atomic E-state index is 12.5. The number of thiazole rings is 1. The van der Waals surface area contributed by atoms with Gasteiger partial charge < -0.3 is 14.7 Å². The van der Waals surface area contributed by atoms with Crippen LogP contribution in [-0.4, -0.2) is 52.7 Å². The van der Waals surface area contributed by atoms with Crippen LogP contribution in [-0.2, 0) is 20.7 Å². The second-order valence-corrected chi connectivity index (χ2v) is 9.29. The Balaban J connectivity index is 1.16. The lowest BCUT2D eigenvalue weighted by Gasteiger charge is -2.15. The van der Waals surface area contributed by atoms with Gasteiger partial charge in [-0.3, -0.25) is 14.9 Å². The van der Waals surface area contributed by atoms with Gasteiger partial charge >= 0.3 is 12.1 Å². The van der Waals surface area contributed by atoms with E-state index in [1.807, 2.05) is 24.3 Å². The van der Waals surface area contributed by atoms with E-state index in [9.17, 15) is 14.4 Å². The molecular formula is C25H23N3O5S. The van der Waals surface area contributed by atoms with Gasteiger partial charge in [0.1, 0.15) is 6.61 Å². The van der Waals surface area contributed by atoms with Crippen LogP contribution in [0.5, 0.6) is 0 Å². The molecule has 5 rings (SSSR count). The van der Waals surface area contributed by atoms with Crippen LogP contribution in [0.1, 0.15) is 29.2 Å². The average Bonchev–Trinajstić information content (AvgIpc) is 3.56. The van der Waals surface area contributed by atoms with Crippen molar-refractivity contribution < 1.29 is 24.2 Å². The summed E-state index contributed by atoms with van der Waals surface area (Å²) in [5.74, 6) is -1.58. The number of carboxylic acids is 1. The van der Waals surface area contributed by atoms with Crippen molar-refractivity contribution >= 4 is 34.4 Å². The molecule has 8 nitrogen and oxygen atoms in total. The van der Waals surface area contributed by atoms with Gasteiger partial charge in [-0.25, -0.2) is 9.78 Å². The van der Waals surface area contributed by atoms with Crippen LogP contribution in [0.2, 0.25) is 0 Å². The Bertz CT molecular complexity index is 1210. The molecule has 34 heavy (non-hydrogen) atoms. The van der Waals surface area contributed by atoms with Crippen LogP contribution in [0.25, 0.3) is 11.1 Å². The van der Waals surface area contributed by atoms with Gasteiger partial charge in [-0.1, -0.05) is 48.5 Å². The molecule has 1 unspecified atom stereocenters. The number of nitrogens with one attached hydrogen (secondary N) is 1. The molecule has 174 valence electrons. The van der Waals surface area contributed by atoms with E-state index < -0.39 is 18.0 Å². The number of fused-ring (bicyclic) bond motifs is 3. The van der Waals surface area contributed by atoms with Gasteiger partial charge in [0, 0.05) is 24.4 Å². The van der Waals surface area contributed by atoms with Crippen LogP contribution in [0.4, 0.5) is 9.93 Å². The first-order valence-corrected chi connectivity index (χ1v) is 11.9. The summed E-state index contributed by atoms with van der Waals surface area (Å²) in [6.07, 6.45) is -0.0694. The summed E-state index contributed by atoms with van der Waals surface area (Å²) < 4.78 is 5.54. The number of ether oxygens (including phenoxy) is 1. The van der Waals surface area contributed by atoms with Crippen molar-refractivity contribution in [3.63, 3.8) is 0 Å². The highest BCUT2D eigenvalue weighted by atomic mass is 32.1. The molecule has 1 aliphatic carbocycles. The fourth-order valence-corrected chi connectivity index (χ4v) is 5.32. The minimum atomic E-state index is -0.876. The van der Waals surface area contributed by atoms with Crippen molar-refractivity contribution in [3.05, 3.63) is 70.7 Å². The van der Waals surface area contributed by atoms with Gasteiger partial charge in [0.2, 0.25) is 5.91 Å². The van der Waals surface area contributed by atoms with E-state index in [1.165, 1.54) is 11.3 Å². The quantitative estimate of drug-likeness (QED) is 0.556. The molecule has 0 spiro atoms. The highest BCUT2D eigenvalue weighted by Crippen LogP contribution is 2.44. The zero-order valence-corrected chi connectivity index (χ0v) is 19.1. The maximum Gasteiger partial charge on any atom is 0.413 e. The number of carbonyl (C=O) groups is 3. The number of nitrogens with zero attached hydrogens (tertiary/aromatic N) is 2. The molecule has 3 aromatic rings. The second kappa shape index (κ2) is 9.26. The zero-order chi connectivity index (χ0) is 23.7. The van der Waals surface area contributed by atoms with E-state index in [-0.39, 0.29) is 31.4 Å². The van der Waals surface area contributed by atoms with Gasteiger partial charge in [0.25, 0.3) is 0 Å². The predicted octanol–water partition coefficient (Wildman–Crippen LogP) is 3.98. The molecule has 2 N–H and O–H groups in total. The number of likely N-dealkylation sites (tertiary alicyclic amines) is 1. The minimum absolute atomic E-state index is 0.0299. The molecule has 1 fully saturated rings. The fraction of sp³-hybridized carbons (Fsp3) is 0.280. The SMILES string of the molecule is O=C(Nc1nc(CC(=O)N2CCC(C(=O)O)C2)cs1)OCC1c2ccccc2-c2ccccc21. The summed E-state index contributed by atoms with van der Waals surface area (Å²) >= 11 is 1.22. The Hall–Kier alpha value is -3.72. The van der Waals surface area contributed by atoms with Crippen molar-refractivity contribution in [3.8, 4) is 11.1 Å². The van der Waals surface area contributed by atoms with Crippen LogP contribution in [0, 0.1) is 5.92 Å². The van der Waals surface area contributed by atoms with Gasteiger partial charge in [-0.2, -0.15) is 0 Å². The summed E-state index contributed by atoms with van der Waals surface area (Å²) in [7, 11) is 0. The third-order valence-electron chi connectivity index (χ3n) is 6.33. The van der Waals surface area contributed by atoms with E-state index >= 15 is 0 Å². The number of carbonyl (C=O) groups excluding carboxylic acids is 2.